The van der Waals surface area contributed by atoms with Crippen molar-refractivity contribution >= 4 is 0 Å². The summed E-state index contributed by atoms with van der Waals surface area (Å²) in [5.74, 6) is 1.73. The van der Waals surface area contributed by atoms with Gasteiger partial charge in [-0.2, -0.15) is 0 Å². The number of hydrogen-bond donors (Lipinski definition) is 0. The van der Waals surface area contributed by atoms with Gasteiger partial charge in [0.15, 0.2) is 11.5 Å². The number of nitrogens with zero attached hydrogens (tertiary/aromatic N) is 2. The molecule has 4 rings (SSSR count). The Labute approximate surface area is 131 Å². The minimum absolute atomic E-state index is 0.307. The van der Waals surface area contributed by atoms with Gasteiger partial charge in [-0.15, -0.1) is 0 Å². The van der Waals surface area contributed by atoms with E-state index in [0.717, 1.165) is 50.9 Å². The van der Waals surface area contributed by atoms with E-state index >= 15 is 0 Å². The molecule has 0 aromatic heterocycles. The van der Waals surface area contributed by atoms with E-state index in [1.807, 2.05) is 6.07 Å². The van der Waals surface area contributed by atoms with Gasteiger partial charge >= 0.3 is 0 Å². The summed E-state index contributed by atoms with van der Waals surface area (Å²) in [6, 6.07) is 6.28. The van der Waals surface area contributed by atoms with Crippen molar-refractivity contribution in [2.45, 2.75) is 13.0 Å². The maximum absolute atomic E-state index is 5.91. The van der Waals surface area contributed by atoms with Crippen molar-refractivity contribution in [3.63, 3.8) is 0 Å². The molecule has 5 heteroatoms. The molecule has 22 heavy (non-hydrogen) atoms. The van der Waals surface area contributed by atoms with Crippen molar-refractivity contribution in [2.24, 2.45) is 5.41 Å². The quantitative estimate of drug-likeness (QED) is 0.828. The van der Waals surface area contributed by atoms with Gasteiger partial charge in [-0.3, -0.25) is 4.90 Å². The van der Waals surface area contributed by atoms with Gasteiger partial charge in [0, 0.05) is 31.6 Å². The minimum Gasteiger partial charge on any atom is -0.454 e. The van der Waals surface area contributed by atoms with Crippen molar-refractivity contribution in [1.29, 1.82) is 0 Å². The molecular weight excluding hydrogens is 280 g/mol. The Bertz CT molecular complexity index is 551. The van der Waals surface area contributed by atoms with Gasteiger partial charge < -0.3 is 19.1 Å². The van der Waals surface area contributed by atoms with E-state index < -0.39 is 0 Å². The molecule has 5 nitrogen and oxygen atoms in total. The molecule has 3 aliphatic rings. The fraction of sp³-hybridized carbons (Fsp3) is 0.647. The van der Waals surface area contributed by atoms with Crippen molar-refractivity contribution in [2.75, 3.05) is 53.2 Å². The molecule has 1 atom stereocenters. The van der Waals surface area contributed by atoms with Crippen LogP contribution in [0.1, 0.15) is 12.0 Å². The second kappa shape index (κ2) is 5.72. The highest BCUT2D eigenvalue weighted by atomic mass is 16.7. The van der Waals surface area contributed by atoms with E-state index in [4.69, 9.17) is 14.2 Å². The summed E-state index contributed by atoms with van der Waals surface area (Å²) in [5.41, 5.74) is 1.59. The van der Waals surface area contributed by atoms with Crippen molar-refractivity contribution in [1.82, 2.24) is 9.80 Å². The first-order chi connectivity index (χ1) is 10.7. The Morgan fingerprint density at radius 3 is 2.91 bits per heavy atom. The van der Waals surface area contributed by atoms with Crippen LogP contribution in [0.2, 0.25) is 0 Å². The van der Waals surface area contributed by atoms with Crippen LogP contribution in [0.5, 0.6) is 11.5 Å². The van der Waals surface area contributed by atoms with Gasteiger partial charge in [0.2, 0.25) is 6.79 Å². The van der Waals surface area contributed by atoms with E-state index in [-0.39, 0.29) is 0 Å². The normalized spacial score (nSPS) is 29.1. The van der Waals surface area contributed by atoms with Gasteiger partial charge in [-0.25, -0.2) is 0 Å². The zero-order valence-corrected chi connectivity index (χ0v) is 13.2. The van der Waals surface area contributed by atoms with Crippen molar-refractivity contribution in [3.05, 3.63) is 23.8 Å². The number of fused-ring (bicyclic) bond motifs is 1. The average molecular weight is 304 g/mol. The molecule has 1 aromatic rings. The summed E-state index contributed by atoms with van der Waals surface area (Å²) in [6.07, 6.45) is 1.24. The molecule has 120 valence electrons. The Morgan fingerprint density at radius 1 is 1.14 bits per heavy atom. The van der Waals surface area contributed by atoms with E-state index in [0.29, 0.717) is 12.2 Å². The second-order valence-electron chi connectivity index (χ2n) is 6.94. The number of benzene rings is 1. The molecule has 0 saturated carbocycles. The van der Waals surface area contributed by atoms with Crippen molar-refractivity contribution < 1.29 is 14.2 Å². The Hall–Kier alpha value is -1.30. The minimum atomic E-state index is 0.307. The van der Waals surface area contributed by atoms with E-state index in [1.54, 1.807) is 0 Å². The Morgan fingerprint density at radius 2 is 2.05 bits per heavy atom. The lowest BCUT2D eigenvalue weighted by molar-refractivity contribution is 0.0730. The van der Waals surface area contributed by atoms with Crippen LogP contribution in [0.25, 0.3) is 0 Å². The highest BCUT2D eigenvalue weighted by Crippen LogP contribution is 2.35. The summed E-state index contributed by atoms with van der Waals surface area (Å²) in [5, 5.41) is 0. The van der Waals surface area contributed by atoms with E-state index in [1.165, 1.54) is 18.5 Å². The lowest BCUT2D eigenvalue weighted by atomic mass is 9.87. The standard InChI is InChI=1S/C17H24N2O3/c1-18-5-4-17(10-18)11-19(6-7-20-12-17)9-14-2-3-15-16(8-14)22-13-21-15/h2-3,8H,4-7,9-13H2,1H3. The third-order valence-electron chi connectivity index (χ3n) is 4.99. The average Bonchev–Trinajstić information content (AvgIpc) is 3.04. The largest absolute Gasteiger partial charge is 0.454 e. The van der Waals surface area contributed by atoms with Gasteiger partial charge in [0.05, 0.1) is 13.2 Å². The summed E-state index contributed by atoms with van der Waals surface area (Å²) >= 11 is 0. The topological polar surface area (TPSA) is 34.2 Å². The third-order valence-corrected chi connectivity index (χ3v) is 4.99. The molecule has 3 heterocycles. The molecule has 0 amide bonds. The van der Waals surface area contributed by atoms with Gasteiger partial charge in [0.1, 0.15) is 0 Å². The summed E-state index contributed by atoms with van der Waals surface area (Å²) in [4.78, 5) is 4.96. The molecule has 0 aliphatic carbocycles. The number of ether oxygens (including phenoxy) is 3. The molecule has 1 spiro atoms. The van der Waals surface area contributed by atoms with Crippen LogP contribution < -0.4 is 9.47 Å². The molecular formula is C17H24N2O3. The molecule has 1 aromatic carbocycles. The first kappa shape index (κ1) is 14.3. The molecule has 0 N–H and O–H groups in total. The van der Waals surface area contributed by atoms with Crippen LogP contribution in [0.4, 0.5) is 0 Å². The predicted molar refractivity (Wildman–Crippen MR) is 83.2 cm³/mol. The zero-order chi connectivity index (χ0) is 15.0. The molecule has 0 radical (unpaired) electrons. The van der Waals surface area contributed by atoms with Crippen LogP contribution in [0.3, 0.4) is 0 Å². The summed E-state index contributed by atoms with van der Waals surface area (Å²) < 4.78 is 16.8. The lowest BCUT2D eigenvalue weighted by Crippen LogP contribution is -2.40. The number of hydrogen-bond acceptors (Lipinski definition) is 5. The second-order valence-corrected chi connectivity index (χ2v) is 6.94. The lowest BCUT2D eigenvalue weighted by Gasteiger charge is -2.31. The van der Waals surface area contributed by atoms with E-state index in [9.17, 15) is 0 Å². The predicted octanol–water partition coefficient (Wildman–Crippen LogP) is 1.57. The van der Waals surface area contributed by atoms with Crippen LogP contribution >= 0.6 is 0 Å². The number of rotatable bonds is 2. The van der Waals surface area contributed by atoms with Crippen LogP contribution in [-0.2, 0) is 11.3 Å². The highest BCUT2D eigenvalue weighted by molar-refractivity contribution is 5.44. The van der Waals surface area contributed by atoms with Crippen molar-refractivity contribution in [3.8, 4) is 11.5 Å². The van der Waals surface area contributed by atoms with Gasteiger partial charge in [-0.05, 0) is 37.7 Å². The van der Waals surface area contributed by atoms with Crippen LogP contribution in [0, 0.1) is 5.41 Å². The first-order valence-corrected chi connectivity index (χ1v) is 8.10. The molecule has 0 bridgehead atoms. The Kier molecular flexibility index (Phi) is 3.72. The number of likely N-dealkylation sites (tertiary alicyclic amines) is 1. The van der Waals surface area contributed by atoms with Crippen LogP contribution in [-0.4, -0.2) is 63.0 Å². The SMILES string of the molecule is CN1CCC2(COCCN(Cc3ccc4c(c3)OCO4)C2)C1. The fourth-order valence-corrected chi connectivity index (χ4v) is 3.92. The zero-order valence-electron chi connectivity index (χ0n) is 13.2. The van der Waals surface area contributed by atoms with Crippen LogP contribution in [0.15, 0.2) is 18.2 Å². The fourth-order valence-electron chi connectivity index (χ4n) is 3.92. The summed E-state index contributed by atoms with van der Waals surface area (Å²) in [6.45, 7) is 7.46. The van der Waals surface area contributed by atoms with Gasteiger partial charge in [0.25, 0.3) is 0 Å². The van der Waals surface area contributed by atoms with E-state index in [2.05, 4.69) is 29.0 Å². The Balaban J connectivity index is 1.47. The maximum atomic E-state index is 5.91. The highest BCUT2D eigenvalue weighted by Gasteiger charge is 2.39. The third kappa shape index (κ3) is 2.81. The summed E-state index contributed by atoms with van der Waals surface area (Å²) in [7, 11) is 2.21. The smallest absolute Gasteiger partial charge is 0.231 e. The molecule has 3 aliphatic heterocycles. The molecule has 1 unspecified atom stereocenters. The van der Waals surface area contributed by atoms with Gasteiger partial charge in [-0.1, -0.05) is 6.07 Å². The molecule has 2 saturated heterocycles. The maximum Gasteiger partial charge on any atom is 0.231 e. The first-order valence-electron chi connectivity index (χ1n) is 8.10. The monoisotopic (exact) mass is 304 g/mol. The molecule has 2 fully saturated rings.